The van der Waals surface area contributed by atoms with Crippen molar-refractivity contribution in [2.45, 2.75) is 13.3 Å². The van der Waals surface area contributed by atoms with Crippen molar-refractivity contribution in [3.8, 4) is 11.4 Å². The first-order valence-electron chi connectivity index (χ1n) is 5.15. The maximum Gasteiger partial charge on any atom is 0.302 e. The van der Waals surface area contributed by atoms with E-state index < -0.39 is 18.3 Å². The molecule has 0 radical (unpaired) electrons. The summed E-state index contributed by atoms with van der Waals surface area (Å²) in [6, 6.07) is 7.25. The molecule has 0 saturated heterocycles. The third kappa shape index (κ3) is 2.77. The average Bonchev–Trinajstić information content (AvgIpc) is 2.78. The molecule has 1 heterocycles. The number of allylic oxidation sites excluding steroid dienone is 1. The van der Waals surface area contributed by atoms with E-state index in [1.807, 2.05) is 19.1 Å². The highest BCUT2D eigenvalue weighted by atomic mass is 19.3. The van der Waals surface area contributed by atoms with Gasteiger partial charge in [-0.1, -0.05) is 35.0 Å². The maximum atomic E-state index is 12.7. The fraction of sp³-hybridized carbons (Fsp3) is 0.167. The number of hydrogen-bond donors (Lipinski definition) is 0. The van der Waals surface area contributed by atoms with Crippen LogP contribution in [0.25, 0.3) is 11.4 Å². The fourth-order valence-corrected chi connectivity index (χ4v) is 1.35. The zero-order valence-corrected chi connectivity index (χ0v) is 9.45. The van der Waals surface area contributed by atoms with Crippen LogP contribution in [0.2, 0.25) is 0 Å². The molecular formula is C12H9F3N2O. The van der Waals surface area contributed by atoms with Gasteiger partial charge in [-0.05, 0) is 6.92 Å². The van der Waals surface area contributed by atoms with Crippen molar-refractivity contribution in [3.63, 3.8) is 0 Å². The lowest BCUT2D eigenvalue weighted by atomic mass is 10.1. The van der Waals surface area contributed by atoms with Crippen LogP contribution in [0.15, 0.2) is 40.7 Å². The minimum absolute atomic E-state index is 0.184. The van der Waals surface area contributed by atoms with Crippen molar-refractivity contribution in [3.05, 3.63) is 47.6 Å². The van der Waals surface area contributed by atoms with Crippen molar-refractivity contribution in [2.24, 2.45) is 0 Å². The summed E-state index contributed by atoms with van der Waals surface area (Å²) < 4.78 is 41.2. The number of rotatable bonds is 3. The summed E-state index contributed by atoms with van der Waals surface area (Å²) >= 11 is 0. The van der Waals surface area contributed by atoms with Gasteiger partial charge in [0.25, 0.3) is 0 Å². The molecule has 94 valence electrons. The standard InChI is InChI=1S/C12H9F3N2O/c1-7-2-4-8(5-3-7)12-16-10(18-17-12)6-9(13)11(14)15/h2-5H,6H2,1H3. The van der Waals surface area contributed by atoms with Gasteiger partial charge in [-0.2, -0.15) is 13.8 Å². The van der Waals surface area contributed by atoms with Crippen LogP contribution in [0, 0.1) is 6.92 Å². The van der Waals surface area contributed by atoms with E-state index in [2.05, 4.69) is 10.1 Å². The molecule has 0 spiro atoms. The second-order valence-corrected chi connectivity index (χ2v) is 3.72. The van der Waals surface area contributed by atoms with Crippen LogP contribution in [0.1, 0.15) is 11.5 Å². The normalized spacial score (nSPS) is 10.4. The van der Waals surface area contributed by atoms with Crippen molar-refractivity contribution < 1.29 is 17.7 Å². The molecule has 6 heteroatoms. The van der Waals surface area contributed by atoms with Crippen LogP contribution in [0.4, 0.5) is 13.2 Å². The third-order valence-electron chi connectivity index (χ3n) is 2.29. The molecule has 3 nitrogen and oxygen atoms in total. The van der Waals surface area contributed by atoms with E-state index in [0.717, 1.165) is 5.56 Å². The third-order valence-corrected chi connectivity index (χ3v) is 2.29. The Bertz CT molecular complexity index is 571. The molecule has 0 aliphatic rings. The minimum Gasteiger partial charge on any atom is -0.339 e. The number of aromatic nitrogens is 2. The summed E-state index contributed by atoms with van der Waals surface area (Å²) in [5, 5.41) is 3.61. The Hall–Kier alpha value is -2.11. The molecular weight excluding hydrogens is 245 g/mol. The van der Waals surface area contributed by atoms with Gasteiger partial charge in [0, 0.05) is 5.56 Å². The Morgan fingerprint density at radius 2 is 1.83 bits per heavy atom. The van der Waals surface area contributed by atoms with Crippen molar-refractivity contribution in [1.29, 1.82) is 0 Å². The van der Waals surface area contributed by atoms with E-state index in [4.69, 9.17) is 4.52 Å². The van der Waals surface area contributed by atoms with E-state index >= 15 is 0 Å². The molecule has 0 fully saturated rings. The molecule has 0 atom stereocenters. The van der Waals surface area contributed by atoms with Crippen LogP contribution in [-0.4, -0.2) is 10.1 Å². The van der Waals surface area contributed by atoms with Crippen LogP contribution < -0.4 is 0 Å². The molecule has 0 N–H and O–H groups in total. The summed E-state index contributed by atoms with van der Waals surface area (Å²) in [6.07, 6.45) is -3.06. The number of hydrogen-bond acceptors (Lipinski definition) is 3. The van der Waals surface area contributed by atoms with E-state index in [9.17, 15) is 13.2 Å². The van der Waals surface area contributed by atoms with Crippen LogP contribution in [0.3, 0.4) is 0 Å². The maximum absolute atomic E-state index is 12.7. The molecule has 2 rings (SSSR count). The lowest BCUT2D eigenvalue weighted by molar-refractivity contribution is 0.347. The van der Waals surface area contributed by atoms with Gasteiger partial charge in [0.05, 0.1) is 6.42 Å². The van der Waals surface area contributed by atoms with E-state index in [1.165, 1.54) is 0 Å². The SMILES string of the molecule is Cc1ccc(-c2noc(CC(F)=C(F)F)n2)cc1. The lowest BCUT2D eigenvalue weighted by Gasteiger charge is -1.94. The summed E-state index contributed by atoms with van der Waals surface area (Å²) in [6.45, 7) is 1.93. The largest absolute Gasteiger partial charge is 0.339 e. The Morgan fingerprint density at radius 3 is 2.44 bits per heavy atom. The second kappa shape index (κ2) is 5.03. The number of nitrogens with zero attached hydrogens (tertiary/aromatic N) is 2. The Labute approximate surface area is 101 Å². The van der Waals surface area contributed by atoms with E-state index in [1.54, 1.807) is 12.1 Å². The number of halogens is 3. The molecule has 2 aromatic rings. The average molecular weight is 254 g/mol. The highest BCUT2D eigenvalue weighted by Gasteiger charge is 2.13. The molecule has 0 aliphatic heterocycles. The Morgan fingerprint density at radius 1 is 1.17 bits per heavy atom. The van der Waals surface area contributed by atoms with Gasteiger partial charge in [-0.15, -0.1) is 0 Å². The zero-order valence-electron chi connectivity index (χ0n) is 9.45. The Kier molecular flexibility index (Phi) is 3.45. The summed E-state index contributed by atoms with van der Waals surface area (Å²) in [7, 11) is 0. The molecule has 0 unspecified atom stereocenters. The van der Waals surface area contributed by atoms with Crippen LogP contribution in [0.5, 0.6) is 0 Å². The van der Waals surface area contributed by atoms with Crippen LogP contribution in [-0.2, 0) is 6.42 Å². The molecule has 0 aliphatic carbocycles. The predicted octanol–water partition coefficient (Wildman–Crippen LogP) is 3.67. The summed E-state index contributed by atoms with van der Waals surface area (Å²) in [5.74, 6) is -1.50. The van der Waals surface area contributed by atoms with Crippen molar-refractivity contribution >= 4 is 0 Å². The fourth-order valence-electron chi connectivity index (χ4n) is 1.35. The highest BCUT2D eigenvalue weighted by Crippen LogP contribution is 2.19. The smallest absolute Gasteiger partial charge is 0.302 e. The topological polar surface area (TPSA) is 38.9 Å². The lowest BCUT2D eigenvalue weighted by Crippen LogP contribution is -1.87. The highest BCUT2D eigenvalue weighted by molar-refractivity contribution is 5.54. The first-order valence-corrected chi connectivity index (χ1v) is 5.15. The van der Waals surface area contributed by atoms with Gasteiger partial charge in [0.1, 0.15) is 0 Å². The van der Waals surface area contributed by atoms with Gasteiger partial charge >= 0.3 is 6.08 Å². The number of aryl methyl sites for hydroxylation is 1. The quantitative estimate of drug-likeness (QED) is 0.838. The zero-order chi connectivity index (χ0) is 13.1. The molecule has 1 aromatic heterocycles. The van der Waals surface area contributed by atoms with Gasteiger partial charge < -0.3 is 4.52 Å². The van der Waals surface area contributed by atoms with Crippen molar-refractivity contribution in [1.82, 2.24) is 10.1 Å². The van der Waals surface area contributed by atoms with E-state index in [0.29, 0.717) is 5.56 Å². The first kappa shape index (κ1) is 12.3. The summed E-state index contributed by atoms with van der Waals surface area (Å²) in [5.41, 5.74) is 1.75. The number of benzene rings is 1. The molecule has 1 aromatic carbocycles. The van der Waals surface area contributed by atoms with Gasteiger partial charge in [0.15, 0.2) is 5.83 Å². The first-order chi connectivity index (χ1) is 8.56. The Balaban J connectivity index is 2.20. The molecule has 0 saturated carbocycles. The van der Waals surface area contributed by atoms with Gasteiger partial charge in [0.2, 0.25) is 11.7 Å². The monoisotopic (exact) mass is 254 g/mol. The van der Waals surface area contributed by atoms with E-state index in [-0.39, 0.29) is 11.7 Å². The minimum atomic E-state index is -2.37. The van der Waals surface area contributed by atoms with Gasteiger partial charge in [-0.25, -0.2) is 4.39 Å². The molecule has 0 amide bonds. The molecule has 0 bridgehead atoms. The van der Waals surface area contributed by atoms with Crippen molar-refractivity contribution in [2.75, 3.05) is 0 Å². The predicted molar refractivity (Wildman–Crippen MR) is 58.5 cm³/mol. The molecule has 18 heavy (non-hydrogen) atoms. The second-order valence-electron chi connectivity index (χ2n) is 3.72. The van der Waals surface area contributed by atoms with Gasteiger partial charge in [-0.3, -0.25) is 0 Å². The summed E-state index contributed by atoms with van der Waals surface area (Å²) in [4.78, 5) is 3.85. The van der Waals surface area contributed by atoms with Crippen LogP contribution >= 0.6 is 0 Å².